The molecule has 0 aliphatic heterocycles. The van der Waals surface area contributed by atoms with Crippen molar-refractivity contribution in [1.82, 2.24) is 0 Å². The summed E-state index contributed by atoms with van der Waals surface area (Å²) in [5, 5.41) is 2.32. The predicted octanol–water partition coefficient (Wildman–Crippen LogP) is 12.9. The van der Waals surface area contributed by atoms with Gasteiger partial charge in [-0.1, -0.05) is 97.1 Å². The Morgan fingerprint density at radius 1 is 0.458 bits per heavy atom. The monoisotopic (exact) mass is 621 g/mol. The summed E-state index contributed by atoms with van der Waals surface area (Å²) in [6.07, 6.45) is 8.32. The Kier molecular flexibility index (Phi) is 6.41. The van der Waals surface area contributed by atoms with Crippen molar-refractivity contribution in [3.05, 3.63) is 151 Å². The molecule has 4 fully saturated rings. The molecule has 0 amide bonds. The molecule has 7 aromatic rings. The van der Waals surface area contributed by atoms with Crippen LogP contribution < -0.4 is 4.90 Å². The molecule has 1 aromatic heterocycles. The number of anilines is 3. The maximum absolute atomic E-state index is 6.43. The molecule has 48 heavy (non-hydrogen) atoms. The average Bonchev–Trinajstić information content (AvgIpc) is 3.50. The minimum Gasteiger partial charge on any atom is -0.456 e. The van der Waals surface area contributed by atoms with Crippen LogP contribution in [0.1, 0.15) is 44.1 Å². The second-order valence-corrected chi connectivity index (χ2v) is 14.8. The van der Waals surface area contributed by atoms with Crippen LogP contribution in [0.4, 0.5) is 17.1 Å². The van der Waals surface area contributed by atoms with E-state index in [1.165, 1.54) is 66.5 Å². The van der Waals surface area contributed by atoms with Gasteiger partial charge in [0, 0.05) is 33.9 Å². The molecule has 234 valence electrons. The molecule has 4 aliphatic carbocycles. The summed E-state index contributed by atoms with van der Waals surface area (Å²) in [5.41, 5.74) is 12.3. The Hall–Kier alpha value is -5.08. The van der Waals surface area contributed by atoms with E-state index < -0.39 is 0 Å². The fraction of sp³-hybridized carbons (Fsp3) is 0.217. The van der Waals surface area contributed by atoms with Gasteiger partial charge in [0.1, 0.15) is 11.2 Å². The molecule has 0 atom stereocenters. The van der Waals surface area contributed by atoms with Gasteiger partial charge in [-0.05, 0) is 132 Å². The zero-order valence-corrected chi connectivity index (χ0v) is 27.2. The first-order valence-electron chi connectivity index (χ1n) is 17.8. The molecule has 4 bridgehead atoms. The van der Waals surface area contributed by atoms with E-state index in [4.69, 9.17) is 4.42 Å². The molecule has 0 N–H and O–H groups in total. The summed E-state index contributed by atoms with van der Waals surface area (Å²) < 4.78 is 6.43. The largest absolute Gasteiger partial charge is 0.456 e. The van der Waals surface area contributed by atoms with E-state index in [-0.39, 0.29) is 5.41 Å². The SMILES string of the molecule is c1ccc(-c2ccc(N(c3ccc(-c4ccccc4)c(C45CC6CC(CC(C6)C4)C5)c3)c3ccc4c(c3)oc3ccccc34)cc2)cc1. The Morgan fingerprint density at radius 3 is 1.71 bits per heavy atom. The number of para-hydroxylation sites is 1. The van der Waals surface area contributed by atoms with E-state index in [0.29, 0.717) is 0 Å². The molecule has 4 aliphatic rings. The summed E-state index contributed by atoms with van der Waals surface area (Å²) in [6.45, 7) is 0. The lowest BCUT2D eigenvalue weighted by Crippen LogP contribution is -2.48. The quantitative estimate of drug-likeness (QED) is 0.184. The van der Waals surface area contributed by atoms with Gasteiger partial charge < -0.3 is 9.32 Å². The molecule has 6 aromatic carbocycles. The average molecular weight is 622 g/mol. The molecule has 0 radical (unpaired) electrons. The van der Waals surface area contributed by atoms with Gasteiger partial charge in [-0.2, -0.15) is 0 Å². The predicted molar refractivity (Wildman–Crippen MR) is 199 cm³/mol. The molecular formula is C46H39NO. The molecule has 2 nitrogen and oxygen atoms in total. The van der Waals surface area contributed by atoms with Crippen LogP contribution in [0.2, 0.25) is 0 Å². The first-order chi connectivity index (χ1) is 23.7. The van der Waals surface area contributed by atoms with Crippen LogP contribution in [-0.4, -0.2) is 0 Å². The first kappa shape index (κ1) is 28.0. The van der Waals surface area contributed by atoms with Crippen molar-refractivity contribution in [3.8, 4) is 22.3 Å². The summed E-state index contributed by atoms with van der Waals surface area (Å²) in [7, 11) is 0. The molecule has 2 heteroatoms. The zero-order chi connectivity index (χ0) is 31.7. The number of fused-ring (bicyclic) bond motifs is 3. The molecule has 1 heterocycles. The van der Waals surface area contributed by atoms with E-state index >= 15 is 0 Å². The van der Waals surface area contributed by atoms with Crippen molar-refractivity contribution in [2.24, 2.45) is 17.8 Å². The maximum atomic E-state index is 6.43. The van der Waals surface area contributed by atoms with E-state index in [1.807, 2.05) is 6.07 Å². The van der Waals surface area contributed by atoms with Crippen molar-refractivity contribution in [2.75, 3.05) is 4.90 Å². The Bertz CT molecular complexity index is 2230. The number of rotatable bonds is 6. The highest BCUT2D eigenvalue weighted by Crippen LogP contribution is 2.62. The van der Waals surface area contributed by atoms with Crippen LogP contribution in [0.5, 0.6) is 0 Å². The van der Waals surface area contributed by atoms with Crippen molar-refractivity contribution in [2.45, 2.75) is 43.9 Å². The van der Waals surface area contributed by atoms with Gasteiger partial charge in [-0.3, -0.25) is 0 Å². The van der Waals surface area contributed by atoms with Crippen LogP contribution in [0, 0.1) is 17.8 Å². The normalized spacial score (nSPS) is 22.8. The molecule has 4 saturated carbocycles. The molecular weight excluding hydrogens is 583 g/mol. The van der Waals surface area contributed by atoms with Crippen LogP contribution in [-0.2, 0) is 5.41 Å². The molecule has 11 rings (SSSR count). The number of hydrogen-bond acceptors (Lipinski definition) is 2. The standard InChI is InChI=1S/C46H39NO/c1-3-9-34(10-4-1)35-15-17-37(18-16-35)47(39-20-22-42-41-13-7-8-14-44(41)48-45(42)27-39)38-19-21-40(36-11-5-2-6-12-36)43(26-38)46-28-31-23-32(29-46)25-33(24-31)30-46/h1-22,26-27,31-33H,23-25,28-30H2. The summed E-state index contributed by atoms with van der Waals surface area (Å²) in [6, 6.07) is 53.3. The summed E-state index contributed by atoms with van der Waals surface area (Å²) >= 11 is 0. The highest BCUT2D eigenvalue weighted by Gasteiger charge is 2.52. The zero-order valence-electron chi connectivity index (χ0n) is 27.2. The van der Waals surface area contributed by atoms with Crippen molar-refractivity contribution in [3.63, 3.8) is 0 Å². The number of hydrogen-bond donors (Lipinski definition) is 0. The van der Waals surface area contributed by atoms with E-state index in [2.05, 4.69) is 144 Å². The van der Waals surface area contributed by atoms with Gasteiger partial charge in [0.25, 0.3) is 0 Å². The number of benzene rings is 6. The third-order valence-corrected chi connectivity index (χ3v) is 11.8. The van der Waals surface area contributed by atoms with Gasteiger partial charge >= 0.3 is 0 Å². The first-order valence-corrected chi connectivity index (χ1v) is 17.8. The van der Waals surface area contributed by atoms with Gasteiger partial charge in [0.2, 0.25) is 0 Å². The lowest BCUT2D eigenvalue weighted by Gasteiger charge is -2.57. The van der Waals surface area contributed by atoms with E-state index in [0.717, 1.165) is 51.1 Å². The summed E-state index contributed by atoms with van der Waals surface area (Å²) in [5.74, 6) is 2.63. The van der Waals surface area contributed by atoms with Crippen LogP contribution in [0.25, 0.3) is 44.2 Å². The highest BCUT2D eigenvalue weighted by atomic mass is 16.3. The summed E-state index contributed by atoms with van der Waals surface area (Å²) in [4.78, 5) is 2.44. The minimum absolute atomic E-state index is 0.251. The molecule has 0 spiro atoms. The fourth-order valence-electron chi connectivity index (χ4n) is 10.2. The van der Waals surface area contributed by atoms with Gasteiger partial charge in [-0.15, -0.1) is 0 Å². The molecule has 0 saturated heterocycles. The molecule has 0 unspecified atom stereocenters. The smallest absolute Gasteiger partial charge is 0.137 e. The highest BCUT2D eigenvalue weighted by molar-refractivity contribution is 6.06. The third kappa shape index (κ3) is 4.61. The topological polar surface area (TPSA) is 16.4 Å². The fourth-order valence-corrected chi connectivity index (χ4v) is 10.2. The van der Waals surface area contributed by atoms with Gasteiger partial charge in [0.15, 0.2) is 0 Å². The van der Waals surface area contributed by atoms with Crippen LogP contribution in [0.3, 0.4) is 0 Å². The second-order valence-electron chi connectivity index (χ2n) is 14.8. The second kappa shape index (κ2) is 11.0. The van der Waals surface area contributed by atoms with E-state index in [9.17, 15) is 0 Å². The lowest BCUT2D eigenvalue weighted by molar-refractivity contribution is -0.00490. The van der Waals surface area contributed by atoms with Gasteiger partial charge in [-0.25, -0.2) is 0 Å². The van der Waals surface area contributed by atoms with Crippen molar-refractivity contribution >= 4 is 39.0 Å². The third-order valence-electron chi connectivity index (χ3n) is 11.8. The number of nitrogens with zero attached hydrogens (tertiary/aromatic N) is 1. The Morgan fingerprint density at radius 2 is 1.00 bits per heavy atom. The van der Waals surface area contributed by atoms with Crippen molar-refractivity contribution in [1.29, 1.82) is 0 Å². The Labute approximate surface area is 282 Å². The van der Waals surface area contributed by atoms with Gasteiger partial charge in [0.05, 0.1) is 0 Å². The van der Waals surface area contributed by atoms with E-state index in [1.54, 1.807) is 5.56 Å². The van der Waals surface area contributed by atoms with Crippen LogP contribution >= 0.6 is 0 Å². The maximum Gasteiger partial charge on any atom is 0.137 e. The Balaban J connectivity index is 1.16. The minimum atomic E-state index is 0.251. The van der Waals surface area contributed by atoms with Crippen molar-refractivity contribution < 1.29 is 4.42 Å². The van der Waals surface area contributed by atoms with Crippen LogP contribution in [0.15, 0.2) is 150 Å². The lowest BCUT2D eigenvalue weighted by atomic mass is 9.47. The number of furan rings is 1.